The Bertz CT molecular complexity index is 214. The zero-order valence-corrected chi connectivity index (χ0v) is 6.13. The van der Waals surface area contributed by atoms with E-state index in [1.165, 1.54) is 0 Å². The zero-order chi connectivity index (χ0) is 7.19. The van der Waals surface area contributed by atoms with Crippen molar-refractivity contribution < 1.29 is 17.9 Å². The molecule has 2 aliphatic heterocycles. The molecule has 0 aromatic heterocycles. The molecule has 2 fully saturated rings. The predicted molar refractivity (Wildman–Crippen MR) is 33.3 cm³/mol. The molecular weight excluding hydrogens is 156 g/mol. The summed E-state index contributed by atoms with van der Waals surface area (Å²) in [6.07, 6.45) is -0.688. The van der Waals surface area contributed by atoms with E-state index in [0.29, 0.717) is 6.61 Å². The lowest BCUT2D eigenvalue weighted by molar-refractivity contribution is -0.0404. The molecular formula is C5H8O4S. The summed E-state index contributed by atoms with van der Waals surface area (Å²) in [6.45, 7) is 0.434. The molecule has 0 N–H and O–H groups in total. The van der Waals surface area contributed by atoms with Gasteiger partial charge in [-0.05, 0) is 0 Å². The maximum atomic E-state index is 11.0. The molecule has 2 atom stereocenters. The number of hydrogen-bond acceptors (Lipinski definition) is 4. The first-order valence-corrected chi connectivity index (χ1v) is 4.95. The van der Waals surface area contributed by atoms with Crippen molar-refractivity contribution in [3.05, 3.63) is 0 Å². The maximum absolute atomic E-state index is 11.0. The van der Waals surface area contributed by atoms with Crippen LogP contribution in [0.4, 0.5) is 0 Å². The third-order valence-corrected chi connectivity index (χ3v) is 3.30. The Morgan fingerprint density at radius 1 is 1.30 bits per heavy atom. The largest absolute Gasteiger partial charge is 0.349 e. The topological polar surface area (TPSA) is 52.6 Å². The van der Waals surface area contributed by atoms with Crippen LogP contribution in [0, 0.1) is 0 Å². The lowest BCUT2D eigenvalue weighted by Crippen LogP contribution is -2.34. The minimum Gasteiger partial charge on any atom is -0.349 e. The van der Waals surface area contributed by atoms with Crippen molar-refractivity contribution in [3.63, 3.8) is 0 Å². The molecule has 2 heterocycles. The van der Waals surface area contributed by atoms with Gasteiger partial charge in [-0.15, -0.1) is 0 Å². The van der Waals surface area contributed by atoms with Crippen LogP contribution >= 0.6 is 0 Å². The van der Waals surface area contributed by atoms with Gasteiger partial charge in [0.1, 0.15) is 5.75 Å². The Hall–Kier alpha value is -0.130. The van der Waals surface area contributed by atoms with Crippen LogP contribution in [0.5, 0.6) is 0 Å². The van der Waals surface area contributed by atoms with E-state index in [4.69, 9.17) is 9.47 Å². The first kappa shape index (κ1) is 6.57. The normalized spacial score (nSPS) is 43.6. The van der Waals surface area contributed by atoms with Crippen molar-refractivity contribution in [2.75, 3.05) is 18.1 Å². The fourth-order valence-corrected chi connectivity index (χ4v) is 2.71. The average molecular weight is 164 g/mol. The van der Waals surface area contributed by atoms with Crippen LogP contribution in [-0.4, -0.2) is 38.9 Å². The molecule has 2 aliphatic rings. The van der Waals surface area contributed by atoms with E-state index in [0.717, 1.165) is 0 Å². The highest BCUT2D eigenvalue weighted by molar-refractivity contribution is 7.91. The molecule has 2 rings (SSSR count). The van der Waals surface area contributed by atoms with Gasteiger partial charge in [-0.3, -0.25) is 0 Å². The average Bonchev–Trinajstić information content (AvgIpc) is 2.08. The van der Waals surface area contributed by atoms with Gasteiger partial charge < -0.3 is 9.47 Å². The van der Waals surface area contributed by atoms with Gasteiger partial charge in [0.25, 0.3) is 0 Å². The number of fused-ring (bicyclic) bond motifs is 2. The lowest BCUT2D eigenvalue weighted by atomic mass is 10.4. The molecule has 2 unspecified atom stereocenters. The van der Waals surface area contributed by atoms with Gasteiger partial charge in [0.2, 0.25) is 0 Å². The Balaban J connectivity index is 2.25. The Labute approximate surface area is 59.0 Å². The monoisotopic (exact) mass is 164 g/mol. The second-order valence-electron chi connectivity index (χ2n) is 2.60. The third kappa shape index (κ3) is 1.04. The fourth-order valence-electron chi connectivity index (χ4n) is 1.24. The van der Waals surface area contributed by atoms with Crippen molar-refractivity contribution in [1.29, 1.82) is 0 Å². The van der Waals surface area contributed by atoms with Gasteiger partial charge in [0, 0.05) is 0 Å². The van der Waals surface area contributed by atoms with Crippen LogP contribution in [0.25, 0.3) is 0 Å². The molecule has 0 radical (unpaired) electrons. The van der Waals surface area contributed by atoms with Crippen molar-refractivity contribution in [3.8, 4) is 0 Å². The minimum atomic E-state index is -2.87. The molecule has 0 saturated carbocycles. The van der Waals surface area contributed by atoms with Crippen molar-refractivity contribution in [2.24, 2.45) is 0 Å². The molecule has 0 amide bonds. The number of hydrogen-bond donors (Lipinski definition) is 0. The number of sulfone groups is 1. The van der Waals surface area contributed by atoms with E-state index in [9.17, 15) is 8.42 Å². The molecule has 5 heteroatoms. The van der Waals surface area contributed by atoms with Crippen molar-refractivity contribution in [2.45, 2.75) is 12.4 Å². The highest BCUT2D eigenvalue weighted by Crippen LogP contribution is 2.20. The summed E-state index contributed by atoms with van der Waals surface area (Å²) in [6, 6.07) is 0. The van der Waals surface area contributed by atoms with Crippen LogP contribution in [0.1, 0.15) is 0 Å². The van der Waals surface area contributed by atoms with Crippen LogP contribution in [-0.2, 0) is 19.3 Å². The molecule has 0 aromatic carbocycles. The first-order chi connectivity index (χ1) is 4.66. The van der Waals surface area contributed by atoms with E-state index in [1.807, 2.05) is 0 Å². The van der Waals surface area contributed by atoms with Crippen LogP contribution in [0.2, 0.25) is 0 Å². The number of ether oxygens (including phenoxy) is 2. The van der Waals surface area contributed by atoms with Crippen LogP contribution in [0.15, 0.2) is 0 Å². The van der Waals surface area contributed by atoms with Gasteiger partial charge in [0.15, 0.2) is 16.1 Å². The number of rotatable bonds is 0. The molecule has 0 aromatic rings. The van der Waals surface area contributed by atoms with E-state index >= 15 is 0 Å². The quantitative estimate of drug-likeness (QED) is 0.468. The van der Waals surface area contributed by atoms with Crippen LogP contribution in [0.3, 0.4) is 0 Å². The second-order valence-corrected chi connectivity index (χ2v) is 4.75. The Kier molecular flexibility index (Phi) is 1.27. The van der Waals surface area contributed by atoms with Gasteiger partial charge >= 0.3 is 0 Å². The van der Waals surface area contributed by atoms with E-state index < -0.39 is 16.1 Å². The van der Waals surface area contributed by atoms with E-state index in [2.05, 4.69) is 0 Å². The Morgan fingerprint density at radius 3 is 2.80 bits per heavy atom. The van der Waals surface area contributed by atoms with Gasteiger partial charge in [-0.2, -0.15) is 0 Å². The summed E-state index contributed by atoms with van der Waals surface area (Å²) < 4.78 is 32.0. The summed E-state index contributed by atoms with van der Waals surface area (Å²) in [7, 11) is -2.87. The summed E-state index contributed by atoms with van der Waals surface area (Å²) in [5, 5.41) is 0. The van der Waals surface area contributed by atoms with E-state index in [1.54, 1.807) is 0 Å². The second kappa shape index (κ2) is 1.93. The van der Waals surface area contributed by atoms with Crippen LogP contribution < -0.4 is 0 Å². The van der Waals surface area contributed by atoms with E-state index in [-0.39, 0.29) is 17.6 Å². The SMILES string of the molecule is O=S1(=O)CC2COC(C1)O2. The van der Waals surface area contributed by atoms with Crippen molar-refractivity contribution >= 4 is 9.84 Å². The summed E-state index contributed by atoms with van der Waals surface area (Å²) >= 11 is 0. The van der Waals surface area contributed by atoms with Gasteiger partial charge in [-0.25, -0.2) is 8.42 Å². The molecule has 2 bridgehead atoms. The highest BCUT2D eigenvalue weighted by Gasteiger charge is 2.38. The highest BCUT2D eigenvalue weighted by atomic mass is 32.2. The van der Waals surface area contributed by atoms with Gasteiger partial charge in [-0.1, -0.05) is 0 Å². The summed E-state index contributed by atoms with van der Waals surface area (Å²) in [5.41, 5.74) is 0. The fraction of sp³-hybridized carbons (Fsp3) is 1.00. The predicted octanol–water partition coefficient (Wildman–Crippen LogP) is -0.844. The first-order valence-electron chi connectivity index (χ1n) is 3.13. The minimum absolute atomic E-state index is 0.0313. The zero-order valence-electron chi connectivity index (χ0n) is 5.32. The standard InChI is InChI=1S/C5H8O4S/c6-10(7)2-4-1-8-5(3-10)9-4/h4-5H,1-3H2. The smallest absolute Gasteiger partial charge is 0.172 e. The molecule has 0 aliphatic carbocycles. The molecule has 0 spiro atoms. The lowest BCUT2D eigenvalue weighted by Gasteiger charge is -2.17. The summed E-state index contributed by atoms with van der Waals surface area (Å²) in [4.78, 5) is 0. The molecule has 10 heavy (non-hydrogen) atoms. The van der Waals surface area contributed by atoms with Gasteiger partial charge in [0.05, 0.1) is 18.5 Å². The third-order valence-electron chi connectivity index (χ3n) is 1.64. The maximum Gasteiger partial charge on any atom is 0.172 e. The van der Waals surface area contributed by atoms with Crippen molar-refractivity contribution in [1.82, 2.24) is 0 Å². The Morgan fingerprint density at radius 2 is 2.10 bits per heavy atom. The molecule has 4 nitrogen and oxygen atoms in total. The summed E-state index contributed by atoms with van der Waals surface area (Å²) in [5.74, 6) is 0.160. The molecule has 2 saturated heterocycles. The molecule has 58 valence electrons.